The first-order valence-corrected chi connectivity index (χ1v) is 6.07. The van der Waals surface area contributed by atoms with Crippen molar-refractivity contribution in [3.05, 3.63) is 29.3 Å². The van der Waals surface area contributed by atoms with E-state index in [9.17, 15) is 9.90 Å². The number of fused-ring (bicyclic) bond motifs is 2. The molecule has 1 aromatic rings. The number of ether oxygens (including phenoxy) is 1. The van der Waals surface area contributed by atoms with Crippen LogP contribution >= 0.6 is 0 Å². The summed E-state index contributed by atoms with van der Waals surface area (Å²) in [6, 6.07) is 5.84. The summed E-state index contributed by atoms with van der Waals surface area (Å²) in [5, 5.41) is 9.31. The standard InChI is InChI=1S/C14H16O3/c1-17-9-3-4-10-11(13(15)16)8-14(5-2-6-14)12(10)7-9/h3-4,7,11H,2,5-6,8H2,1H3,(H,15,16). The Bertz CT molecular complexity index is 474. The highest BCUT2D eigenvalue weighted by atomic mass is 16.5. The predicted molar refractivity (Wildman–Crippen MR) is 63.5 cm³/mol. The lowest BCUT2D eigenvalue weighted by Crippen LogP contribution is -2.32. The maximum atomic E-state index is 11.3. The summed E-state index contributed by atoms with van der Waals surface area (Å²) in [5.74, 6) is -0.183. The van der Waals surface area contributed by atoms with Gasteiger partial charge in [-0.25, -0.2) is 0 Å². The smallest absolute Gasteiger partial charge is 0.311 e. The molecule has 3 rings (SSSR count). The van der Waals surface area contributed by atoms with Crippen LogP contribution in [0.2, 0.25) is 0 Å². The van der Waals surface area contributed by atoms with E-state index >= 15 is 0 Å². The molecule has 0 radical (unpaired) electrons. The van der Waals surface area contributed by atoms with Crippen LogP contribution in [0.3, 0.4) is 0 Å². The molecule has 17 heavy (non-hydrogen) atoms. The van der Waals surface area contributed by atoms with Crippen LogP contribution in [0.15, 0.2) is 18.2 Å². The van der Waals surface area contributed by atoms with Gasteiger partial charge in [0.15, 0.2) is 0 Å². The molecule has 0 saturated heterocycles. The Kier molecular flexibility index (Phi) is 2.18. The van der Waals surface area contributed by atoms with E-state index < -0.39 is 5.97 Å². The quantitative estimate of drug-likeness (QED) is 0.852. The van der Waals surface area contributed by atoms with Crippen molar-refractivity contribution in [2.24, 2.45) is 0 Å². The monoisotopic (exact) mass is 232 g/mol. The highest BCUT2D eigenvalue weighted by Crippen LogP contribution is 2.57. The SMILES string of the molecule is COc1ccc2c(c1)C1(CCC1)CC2C(=O)O. The van der Waals surface area contributed by atoms with E-state index in [-0.39, 0.29) is 11.3 Å². The summed E-state index contributed by atoms with van der Waals surface area (Å²) in [4.78, 5) is 11.3. The number of benzene rings is 1. The second-order valence-corrected chi connectivity index (χ2v) is 5.18. The molecule has 1 atom stereocenters. The molecular formula is C14H16O3. The molecule has 90 valence electrons. The average molecular weight is 232 g/mol. The van der Waals surface area contributed by atoms with E-state index in [1.54, 1.807) is 7.11 Å². The van der Waals surface area contributed by atoms with Gasteiger partial charge in [-0.2, -0.15) is 0 Å². The fourth-order valence-electron chi connectivity index (χ4n) is 3.33. The maximum absolute atomic E-state index is 11.3. The summed E-state index contributed by atoms with van der Waals surface area (Å²) in [6.07, 6.45) is 4.22. The number of hydrogen-bond acceptors (Lipinski definition) is 2. The number of carboxylic acids is 1. The van der Waals surface area contributed by atoms with Gasteiger partial charge >= 0.3 is 5.97 Å². The molecule has 0 heterocycles. The summed E-state index contributed by atoms with van der Waals surface area (Å²) < 4.78 is 5.25. The number of carbonyl (C=O) groups is 1. The number of carboxylic acid groups (broad SMARTS) is 1. The Morgan fingerprint density at radius 3 is 2.76 bits per heavy atom. The van der Waals surface area contributed by atoms with E-state index in [1.807, 2.05) is 18.2 Å². The summed E-state index contributed by atoms with van der Waals surface area (Å²) in [5.41, 5.74) is 2.35. The van der Waals surface area contributed by atoms with Crippen molar-refractivity contribution in [1.29, 1.82) is 0 Å². The zero-order valence-corrected chi connectivity index (χ0v) is 9.90. The van der Waals surface area contributed by atoms with Gasteiger partial charge in [-0.05, 0) is 47.9 Å². The van der Waals surface area contributed by atoms with Crippen LogP contribution in [0.4, 0.5) is 0 Å². The number of methoxy groups -OCH3 is 1. The topological polar surface area (TPSA) is 46.5 Å². The normalized spacial score (nSPS) is 24.2. The molecular weight excluding hydrogens is 216 g/mol. The molecule has 1 aromatic carbocycles. The number of aliphatic carboxylic acids is 1. The van der Waals surface area contributed by atoms with Crippen LogP contribution < -0.4 is 4.74 Å². The van der Waals surface area contributed by atoms with Gasteiger partial charge in [-0.1, -0.05) is 12.5 Å². The summed E-state index contributed by atoms with van der Waals surface area (Å²) >= 11 is 0. The highest BCUT2D eigenvalue weighted by molar-refractivity contribution is 5.79. The molecule has 0 amide bonds. The first-order chi connectivity index (χ1) is 8.16. The van der Waals surface area contributed by atoms with E-state index in [0.29, 0.717) is 0 Å². The van der Waals surface area contributed by atoms with Crippen molar-refractivity contribution in [3.63, 3.8) is 0 Å². The molecule has 0 aliphatic heterocycles. The fourth-order valence-corrected chi connectivity index (χ4v) is 3.33. The zero-order chi connectivity index (χ0) is 12.0. The molecule has 2 aliphatic rings. The molecule has 1 saturated carbocycles. The third kappa shape index (κ3) is 1.38. The molecule has 0 bridgehead atoms. The molecule has 0 aromatic heterocycles. The van der Waals surface area contributed by atoms with Gasteiger partial charge in [0.1, 0.15) is 5.75 Å². The third-order valence-electron chi connectivity index (χ3n) is 4.41. The molecule has 3 nitrogen and oxygen atoms in total. The van der Waals surface area contributed by atoms with Crippen LogP contribution in [0.5, 0.6) is 5.75 Å². The maximum Gasteiger partial charge on any atom is 0.311 e. The molecule has 1 unspecified atom stereocenters. The highest BCUT2D eigenvalue weighted by Gasteiger charge is 2.49. The Hall–Kier alpha value is -1.51. The van der Waals surface area contributed by atoms with Crippen molar-refractivity contribution in [3.8, 4) is 5.75 Å². The average Bonchev–Trinajstić information content (AvgIpc) is 2.62. The fraction of sp³-hybridized carbons (Fsp3) is 0.500. The van der Waals surface area contributed by atoms with Crippen molar-refractivity contribution < 1.29 is 14.6 Å². The van der Waals surface area contributed by atoms with Crippen LogP contribution in [-0.2, 0) is 10.2 Å². The molecule has 1 fully saturated rings. The Balaban J connectivity index is 2.10. The van der Waals surface area contributed by atoms with Gasteiger partial charge in [-0.15, -0.1) is 0 Å². The lowest BCUT2D eigenvalue weighted by Gasteiger charge is -2.39. The summed E-state index contributed by atoms with van der Waals surface area (Å²) in [7, 11) is 1.65. The second-order valence-electron chi connectivity index (χ2n) is 5.18. The Labute approximate surface area is 100 Å². The van der Waals surface area contributed by atoms with Crippen LogP contribution in [0.25, 0.3) is 0 Å². The Morgan fingerprint density at radius 1 is 1.47 bits per heavy atom. The molecule has 1 spiro atoms. The molecule has 2 aliphatic carbocycles. The summed E-state index contributed by atoms with van der Waals surface area (Å²) in [6.45, 7) is 0. The lowest BCUT2D eigenvalue weighted by molar-refractivity contribution is -0.139. The number of hydrogen-bond donors (Lipinski definition) is 1. The van der Waals surface area contributed by atoms with Crippen LogP contribution in [0.1, 0.15) is 42.7 Å². The third-order valence-corrected chi connectivity index (χ3v) is 4.41. The zero-order valence-electron chi connectivity index (χ0n) is 9.90. The first kappa shape index (κ1) is 10.6. The largest absolute Gasteiger partial charge is 0.497 e. The van der Waals surface area contributed by atoms with Crippen molar-refractivity contribution >= 4 is 5.97 Å². The van der Waals surface area contributed by atoms with E-state index in [2.05, 4.69) is 0 Å². The number of rotatable bonds is 2. The van der Waals surface area contributed by atoms with E-state index in [1.165, 1.54) is 12.0 Å². The lowest BCUT2D eigenvalue weighted by atomic mass is 9.65. The van der Waals surface area contributed by atoms with Gasteiger partial charge in [0.2, 0.25) is 0 Å². The molecule has 1 N–H and O–H groups in total. The van der Waals surface area contributed by atoms with Gasteiger partial charge in [-0.3, -0.25) is 4.79 Å². The minimum absolute atomic E-state index is 0.132. The van der Waals surface area contributed by atoms with Crippen molar-refractivity contribution in [1.82, 2.24) is 0 Å². The predicted octanol–water partition coefficient (Wildman–Crippen LogP) is 2.69. The molecule has 3 heteroatoms. The van der Waals surface area contributed by atoms with E-state index in [4.69, 9.17) is 4.74 Å². The van der Waals surface area contributed by atoms with Gasteiger partial charge in [0.05, 0.1) is 13.0 Å². The van der Waals surface area contributed by atoms with Gasteiger partial charge in [0.25, 0.3) is 0 Å². The second kappa shape index (κ2) is 3.49. The minimum atomic E-state index is -0.694. The van der Waals surface area contributed by atoms with Crippen molar-refractivity contribution in [2.75, 3.05) is 7.11 Å². The van der Waals surface area contributed by atoms with Gasteiger partial charge < -0.3 is 9.84 Å². The Morgan fingerprint density at radius 2 is 2.24 bits per heavy atom. The van der Waals surface area contributed by atoms with E-state index in [0.717, 1.165) is 30.6 Å². The van der Waals surface area contributed by atoms with Crippen molar-refractivity contribution in [2.45, 2.75) is 37.0 Å². The first-order valence-electron chi connectivity index (χ1n) is 6.07. The minimum Gasteiger partial charge on any atom is -0.497 e. The van der Waals surface area contributed by atoms with Gasteiger partial charge in [0, 0.05) is 0 Å². The van der Waals surface area contributed by atoms with Crippen LogP contribution in [-0.4, -0.2) is 18.2 Å². The van der Waals surface area contributed by atoms with Crippen LogP contribution in [0, 0.1) is 0 Å².